The minimum atomic E-state index is -1.93. The van der Waals surface area contributed by atoms with Gasteiger partial charge in [0.05, 0.1) is 7.11 Å². The largest absolute Gasteiger partial charge is 0.497 e. The Bertz CT molecular complexity index is 793. The van der Waals surface area contributed by atoms with E-state index in [9.17, 15) is 0 Å². The monoisotopic (exact) mass is 471 g/mol. The van der Waals surface area contributed by atoms with Crippen LogP contribution in [0.25, 0.3) is 5.57 Å². The summed E-state index contributed by atoms with van der Waals surface area (Å²) >= 11 is 35.5. The molecular weight excluding hydrogens is 463 g/mol. The first-order valence-corrected chi connectivity index (χ1v) is 9.21. The highest BCUT2D eigenvalue weighted by atomic mass is 35.6. The van der Waals surface area contributed by atoms with Gasteiger partial charge in [0.25, 0.3) is 0 Å². The molecule has 0 saturated heterocycles. The summed E-state index contributed by atoms with van der Waals surface area (Å²) in [6.07, 6.45) is 3.24. The molecule has 0 atom stereocenters. The second-order valence-electron chi connectivity index (χ2n) is 4.85. The molecule has 0 saturated carbocycles. The van der Waals surface area contributed by atoms with Gasteiger partial charge in [-0.3, -0.25) is 0 Å². The van der Waals surface area contributed by atoms with E-state index in [-0.39, 0.29) is 17.5 Å². The molecule has 0 aliphatic rings. The number of ether oxygens (including phenoxy) is 1. The maximum Gasteiger partial charge on any atom is 0.250 e. The summed E-state index contributed by atoms with van der Waals surface area (Å²) in [5, 5.41) is 0. The lowest BCUT2D eigenvalue weighted by Gasteiger charge is -2.16. The number of rotatable bonds is 4. The minimum absolute atomic E-state index is 0.160. The lowest BCUT2D eigenvalue weighted by atomic mass is 10.0. The highest BCUT2D eigenvalue weighted by Gasteiger charge is 2.34. The van der Waals surface area contributed by atoms with Crippen molar-refractivity contribution in [2.24, 2.45) is 0 Å². The van der Waals surface area contributed by atoms with E-state index in [1.54, 1.807) is 31.4 Å². The van der Waals surface area contributed by atoms with E-state index < -0.39 is 7.59 Å². The molecule has 0 aliphatic heterocycles. The molecule has 1 aromatic heterocycles. The number of alkyl halides is 6. The van der Waals surface area contributed by atoms with E-state index in [0.29, 0.717) is 11.3 Å². The van der Waals surface area contributed by atoms with Gasteiger partial charge in [-0.25, -0.2) is 15.0 Å². The van der Waals surface area contributed by atoms with Crippen molar-refractivity contribution >= 4 is 75.2 Å². The Kier molecular flexibility index (Phi) is 7.05. The fourth-order valence-electron chi connectivity index (χ4n) is 1.94. The Hall–Kier alpha value is -0.750. The summed E-state index contributed by atoms with van der Waals surface area (Å²) in [7, 11) is 1.57. The van der Waals surface area contributed by atoms with Crippen molar-refractivity contribution < 1.29 is 4.74 Å². The van der Waals surface area contributed by atoms with Crippen LogP contribution in [-0.2, 0) is 7.59 Å². The first-order chi connectivity index (χ1) is 12.1. The van der Waals surface area contributed by atoms with Gasteiger partial charge in [-0.15, -0.1) is 0 Å². The van der Waals surface area contributed by atoms with Gasteiger partial charge in [-0.1, -0.05) is 100 Å². The zero-order valence-electron chi connectivity index (χ0n) is 13.2. The Labute approximate surface area is 180 Å². The molecule has 0 amide bonds. The normalized spacial score (nSPS) is 12.8. The van der Waals surface area contributed by atoms with Crippen LogP contribution in [0.1, 0.15) is 23.0 Å². The molecule has 0 aliphatic carbocycles. The molecule has 26 heavy (non-hydrogen) atoms. The van der Waals surface area contributed by atoms with E-state index in [2.05, 4.69) is 21.5 Å². The number of nitrogens with zero attached hydrogens (tertiary/aromatic N) is 3. The van der Waals surface area contributed by atoms with Crippen LogP contribution < -0.4 is 4.74 Å². The van der Waals surface area contributed by atoms with Crippen LogP contribution in [0.15, 0.2) is 43.0 Å². The van der Waals surface area contributed by atoms with E-state index in [1.165, 1.54) is 0 Å². The summed E-state index contributed by atoms with van der Waals surface area (Å²) in [6.45, 7) is 3.70. The standard InChI is InChI=1S/C16H11Cl6N3O/c1-3-4-11(9-5-7-10(26-2)8-6-9)12-23-13(15(17,18)19)25-14(24-12)16(20,21)22/h3-8H,1H2,2H3/b11-4+. The van der Waals surface area contributed by atoms with Crippen molar-refractivity contribution in [3.05, 3.63) is 66.0 Å². The molecule has 0 radical (unpaired) electrons. The second kappa shape index (κ2) is 8.51. The smallest absolute Gasteiger partial charge is 0.250 e. The molecular formula is C16H11Cl6N3O. The predicted octanol–water partition coefficient (Wildman–Crippen LogP) is 6.15. The van der Waals surface area contributed by atoms with E-state index in [4.69, 9.17) is 74.3 Å². The third kappa shape index (κ3) is 5.38. The lowest BCUT2D eigenvalue weighted by molar-refractivity contribution is 0.415. The first kappa shape index (κ1) is 21.5. The van der Waals surface area contributed by atoms with Crippen molar-refractivity contribution in [1.82, 2.24) is 15.0 Å². The second-order valence-corrected chi connectivity index (χ2v) is 9.41. The third-order valence-corrected chi connectivity index (χ3v) is 4.08. The van der Waals surface area contributed by atoms with Crippen LogP contribution in [0.2, 0.25) is 0 Å². The molecule has 4 nitrogen and oxygen atoms in total. The van der Waals surface area contributed by atoms with Crippen LogP contribution in [0.3, 0.4) is 0 Å². The Morgan fingerprint density at radius 1 is 0.923 bits per heavy atom. The first-order valence-electron chi connectivity index (χ1n) is 6.94. The molecule has 2 rings (SSSR count). The lowest BCUT2D eigenvalue weighted by Crippen LogP contribution is -2.18. The molecule has 2 aromatic rings. The van der Waals surface area contributed by atoms with Gasteiger partial charge in [-0.2, -0.15) is 0 Å². The Morgan fingerprint density at radius 2 is 1.42 bits per heavy atom. The van der Waals surface area contributed by atoms with E-state index in [1.807, 2.05) is 12.1 Å². The van der Waals surface area contributed by atoms with E-state index in [0.717, 1.165) is 5.56 Å². The quantitative estimate of drug-likeness (QED) is 0.394. The summed E-state index contributed by atoms with van der Waals surface area (Å²) in [4.78, 5) is 12.4. The number of hydrogen-bond donors (Lipinski definition) is 0. The van der Waals surface area contributed by atoms with Gasteiger partial charge in [0.15, 0.2) is 17.5 Å². The number of halogens is 6. The number of methoxy groups -OCH3 is 1. The number of allylic oxidation sites excluding steroid dienone is 2. The highest BCUT2D eigenvalue weighted by Crippen LogP contribution is 2.40. The maximum atomic E-state index is 5.91. The van der Waals surface area contributed by atoms with Crippen molar-refractivity contribution in [1.29, 1.82) is 0 Å². The zero-order valence-corrected chi connectivity index (χ0v) is 17.7. The Balaban J connectivity index is 2.68. The molecule has 1 heterocycles. The van der Waals surface area contributed by atoms with Gasteiger partial charge in [-0.05, 0) is 17.7 Å². The summed E-state index contributed by atoms with van der Waals surface area (Å²) < 4.78 is 1.30. The predicted molar refractivity (Wildman–Crippen MR) is 109 cm³/mol. The molecule has 1 aromatic carbocycles. The Morgan fingerprint density at radius 3 is 1.81 bits per heavy atom. The summed E-state index contributed by atoms with van der Waals surface area (Å²) in [6, 6.07) is 7.17. The SMILES string of the molecule is C=C/C=C(\c1ccc(OC)cc1)c1nc(C(Cl)(Cl)Cl)nc(C(Cl)(Cl)Cl)n1. The molecule has 138 valence electrons. The summed E-state index contributed by atoms with van der Waals surface area (Å²) in [5.74, 6) is 0.508. The van der Waals surface area contributed by atoms with Crippen molar-refractivity contribution in [3.63, 3.8) is 0 Å². The van der Waals surface area contributed by atoms with Crippen LogP contribution in [-0.4, -0.2) is 22.1 Å². The topological polar surface area (TPSA) is 47.9 Å². The average molecular weight is 474 g/mol. The van der Waals surface area contributed by atoms with Crippen LogP contribution in [0, 0.1) is 0 Å². The van der Waals surface area contributed by atoms with Crippen LogP contribution in [0.4, 0.5) is 0 Å². The molecule has 0 bridgehead atoms. The minimum Gasteiger partial charge on any atom is -0.497 e. The third-order valence-electron chi connectivity index (χ3n) is 3.07. The van der Waals surface area contributed by atoms with Crippen molar-refractivity contribution in [2.75, 3.05) is 7.11 Å². The van der Waals surface area contributed by atoms with Gasteiger partial charge in [0, 0.05) is 5.57 Å². The average Bonchev–Trinajstić information content (AvgIpc) is 2.58. The van der Waals surface area contributed by atoms with Gasteiger partial charge in [0.1, 0.15) is 5.75 Å². The highest BCUT2D eigenvalue weighted by molar-refractivity contribution is 6.67. The van der Waals surface area contributed by atoms with Crippen LogP contribution >= 0.6 is 69.6 Å². The summed E-state index contributed by atoms with van der Waals surface area (Å²) in [5.41, 5.74) is 1.32. The fraction of sp³-hybridized carbons (Fsp3) is 0.188. The maximum absolute atomic E-state index is 5.91. The van der Waals surface area contributed by atoms with Crippen molar-refractivity contribution in [2.45, 2.75) is 7.59 Å². The van der Waals surface area contributed by atoms with Gasteiger partial charge in [0.2, 0.25) is 7.59 Å². The molecule has 0 unspecified atom stereocenters. The van der Waals surface area contributed by atoms with Gasteiger partial charge < -0.3 is 4.74 Å². The zero-order chi connectivity index (χ0) is 19.5. The van der Waals surface area contributed by atoms with Crippen LogP contribution in [0.5, 0.6) is 5.75 Å². The molecule has 0 fully saturated rings. The van der Waals surface area contributed by atoms with Gasteiger partial charge >= 0.3 is 0 Å². The number of hydrogen-bond acceptors (Lipinski definition) is 4. The molecule has 10 heteroatoms. The molecule has 0 spiro atoms. The number of benzene rings is 1. The van der Waals surface area contributed by atoms with Crippen molar-refractivity contribution in [3.8, 4) is 5.75 Å². The molecule has 0 N–H and O–H groups in total. The fourth-order valence-corrected chi connectivity index (χ4v) is 2.45. The van der Waals surface area contributed by atoms with E-state index >= 15 is 0 Å². The number of aromatic nitrogens is 3.